The molecule has 5 heteroatoms. The molecular weight excluding hydrogens is 348 g/mol. The van der Waals surface area contributed by atoms with Crippen LogP contribution in [0.1, 0.15) is 12.8 Å². The summed E-state index contributed by atoms with van der Waals surface area (Å²) in [5.41, 5.74) is 0.815. The van der Waals surface area contributed by atoms with Gasteiger partial charge in [0.25, 0.3) is 0 Å². The van der Waals surface area contributed by atoms with Gasteiger partial charge in [0, 0.05) is 15.5 Å². The Morgan fingerprint density at radius 2 is 2.24 bits per heavy atom. The van der Waals surface area contributed by atoms with E-state index in [-0.39, 0.29) is 11.8 Å². The molecule has 0 bridgehead atoms. The maximum absolute atomic E-state index is 12.0. The third-order valence-corrected chi connectivity index (χ3v) is 4.04. The number of carbonyl (C=O) groups excluding carboxylic acids is 1. The fourth-order valence-electron chi connectivity index (χ4n) is 1.90. The summed E-state index contributed by atoms with van der Waals surface area (Å²) in [6.45, 7) is 1.79. The maximum atomic E-state index is 12.0. The van der Waals surface area contributed by atoms with Crippen molar-refractivity contribution in [2.45, 2.75) is 12.8 Å². The second-order valence-corrected chi connectivity index (χ2v) is 5.93. The third kappa shape index (κ3) is 3.53. The first-order valence-electron chi connectivity index (χ1n) is 5.63. The quantitative estimate of drug-likeness (QED) is 0.849. The van der Waals surface area contributed by atoms with Gasteiger partial charge in [-0.2, -0.15) is 0 Å². The molecule has 2 N–H and O–H groups in total. The van der Waals surface area contributed by atoms with Crippen LogP contribution in [0, 0.1) is 5.92 Å². The van der Waals surface area contributed by atoms with Crippen molar-refractivity contribution in [1.29, 1.82) is 0 Å². The van der Waals surface area contributed by atoms with E-state index in [0.717, 1.165) is 40.6 Å². The monoisotopic (exact) mass is 360 g/mol. The number of hydrogen-bond acceptors (Lipinski definition) is 2. The molecule has 1 fully saturated rings. The van der Waals surface area contributed by atoms with Gasteiger partial charge in [0.15, 0.2) is 0 Å². The Balaban J connectivity index is 2.04. The zero-order chi connectivity index (χ0) is 12.3. The number of rotatable bonds is 2. The standard InChI is InChI=1S/C12H14Br2N2O/c13-9-3-4-10(14)11(6-9)16-12(17)8-2-1-5-15-7-8/h3-4,6,8,15H,1-2,5,7H2,(H,16,17)/t8-/m0/s1. The molecule has 92 valence electrons. The van der Waals surface area contributed by atoms with Crippen molar-refractivity contribution in [1.82, 2.24) is 5.32 Å². The number of halogens is 2. The van der Waals surface area contributed by atoms with E-state index in [4.69, 9.17) is 0 Å². The molecular formula is C12H14Br2N2O. The Morgan fingerprint density at radius 1 is 1.41 bits per heavy atom. The van der Waals surface area contributed by atoms with Crippen molar-refractivity contribution in [2.24, 2.45) is 5.92 Å². The van der Waals surface area contributed by atoms with Gasteiger partial charge in [-0.15, -0.1) is 0 Å². The number of nitrogens with one attached hydrogen (secondary N) is 2. The summed E-state index contributed by atoms with van der Waals surface area (Å²) >= 11 is 6.83. The van der Waals surface area contributed by atoms with Crippen LogP contribution in [-0.4, -0.2) is 19.0 Å². The molecule has 0 spiro atoms. The van der Waals surface area contributed by atoms with Gasteiger partial charge in [-0.25, -0.2) is 0 Å². The molecule has 0 saturated carbocycles. The Labute approximate surface area is 118 Å². The minimum atomic E-state index is 0.0784. The van der Waals surface area contributed by atoms with E-state index in [1.54, 1.807) is 0 Å². The van der Waals surface area contributed by atoms with E-state index < -0.39 is 0 Å². The number of hydrogen-bond donors (Lipinski definition) is 2. The van der Waals surface area contributed by atoms with Gasteiger partial charge in [-0.3, -0.25) is 4.79 Å². The van der Waals surface area contributed by atoms with Crippen LogP contribution in [0.25, 0.3) is 0 Å². The second-order valence-electron chi connectivity index (χ2n) is 4.16. The summed E-state index contributed by atoms with van der Waals surface area (Å²) in [5, 5.41) is 6.21. The molecule has 1 aliphatic rings. The Hall–Kier alpha value is -0.390. The maximum Gasteiger partial charge on any atom is 0.228 e. The van der Waals surface area contributed by atoms with E-state index in [2.05, 4.69) is 42.5 Å². The SMILES string of the molecule is O=C(Nc1cc(Br)ccc1Br)[C@H]1CCCNC1. The molecule has 2 rings (SSSR count). The number of carbonyl (C=O) groups is 1. The summed E-state index contributed by atoms with van der Waals surface area (Å²) in [7, 11) is 0. The fourth-order valence-corrected chi connectivity index (χ4v) is 2.61. The molecule has 1 amide bonds. The number of anilines is 1. The summed E-state index contributed by atoms with van der Waals surface area (Å²) < 4.78 is 1.86. The first kappa shape index (κ1) is 13.1. The van der Waals surface area contributed by atoms with Crippen LogP contribution in [-0.2, 0) is 4.79 Å². The van der Waals surface area contributed by atoms with Crippen LogP contribution in [0.15, 0.2) is 27.1 Å². The van der Waals surface area contributed by atoms with Gasteiger partial charge in [-0.05, 0) is 53.5 Å². The van der Waals surface area contributed by atoms with Crippen molar-refractivity contribution < 1.29 is 4.79 Å². The normalized spacial score (nSPS) is 20.0. The van der Waals surface area contributed by atoms with E-state index >= 15 is 0 Å². The molecule has 0 aromatic heterocycles. The van der Waals surface area contributed by atoms with Crippen LogP contribution >= 0.6 is 31.9 Å². The zero-order valence-electron chi connectivity index (χ0n) is 9.30. The first-order chi connectivity index (χ1) is 8.16. The molecule has 1 aromatic carbocycles. The van der Waals surface area contributed by atoms with Gasteiger partial charge >= 0.3 is 0 Å². The van der Waals surface area contributed by atoms with Gasteiger partial charge < -0.3 is 10.6 Å². The zero-order valence-corrected chi connectivity index (χ0v) is 12.5. The average molecular weight is 362 g/mol. The first-order valence-corrected chi connectivity index (χ1v) is 7.22. The lowest BCUT2D eigenvalue weighted by molar-refractivity contribution is -0.120. The van der Waals surface area contributed by atoms with Crippen molar-refractivity contribution in [2.75, 3.05) is 18.4 Å². The second kappa shape index (κ2) is 5.98. The van der Waals surface area contributed by atoms with Crippen molar-refractivity contribution in [3.63, 3.8) is 0 Å². The Morgan fingerprint density at radius 3 is 2.94 bits per heavy atom. The van der Waals surface area contributed by atoms with Crippen LogP contribution < -0.4 is 10.6 Å². The molecule has 3 nitrogen and oxygen atoms in total. The summed E-state index contributed by atoms with van der Waals surface area (Å²) in [5.74, 6) is 0.172. The number of benzene rings is 1. The van der Waals surface area contributed by atoms with Crippen molar-refractivity contribution in [3.05, 3.63) is 27.1 Å². The molecule has 17 heavy (non-hydrogen) atoms. The molecule has 1 atom stereocenters. The van der Waals surface area contributed by atoms with E-state index in [1.807, 2.05) is 18.2 Å². The highest BCUT2D eigenvalue weighted by atomic mass is 79.9. The van der Waals surface area contributed by atoms with E-state index in [9.17, 15) is 4.79 Å². The summed E-state index contributed by atoms with van der Waals surface area (Å²) in [6.07, 6.45) is 2.03. The molecule has 0 aliphatic carbocycles. The van der Waals surface area contributed by atoms with Crippen LogP contribution in [0.4, 0.5) is 5.69 Å². The lowest BCUT2D eigenvalue weighted by Gasteiger charge is -2.22. The minimum Gasteiger partial charge on any atom is -0.325 e. The smallest absolute Gasteiger partial charge is 0.228 e. The van der Waals surface area contributed by atoms with E-state index in [0.29, 0.717) is 0 Å². The highest BCUT2D eigenvalue weighted by Crippen LogP contribution is 2.27. The van der Waals surface area contributed by atoms with Gasteiger partial charge in [-0.1, -0.05) is 15.9 Å². The summed E-state index contributed by atoms with van der Waals surface area (Å²) in [4.78, 5) is 12.0. The van der Waals surface area contributed by atoms with Gasteiger partial charge in [0.2, 0.25) is 5.91 Å². The van der Waals surface area contributed by atoms with Crippen LogP contribution in [0.5, 0.6) is 0 Å². The topological polar surface area (TPSA) is 41.1 Å². The molecule has 1 heterocycles. The van der Waals surface area contributed by atoms with Crippen LogP contribution in [0.3, 0.4) is 0 Å². The average Bonchev–Trinajstić information content (AvgIpc) is 2.35. The molecule has 1 aromatic rings. The highest BCUT2D eigenvalue weighted by Gasteiger charge is 2.21. The van der Waals surface area contributed by atoms with Crippen molar-refractivity contribution in [3.8, 4) is 0 Å². The molecule has 0 unspecified atom stereocenters. The van der Waals surface area contributed by atoms with Gasteiger partial charge in [0.05, 0.1) is 11.6 Å². The third-order valence-electron chi connectivity index (χ3n) is 2.85. The predicted molar refractivity (Wildman–Crippen MR) is 76.1 cm³/mol. The lowest BCUT2D eigenvalue weighted by atomic mass is 9.99. The Bertz CT molecular complexity index is 417. The van der Waals surface area contributed by atoms with Crippen LogP contribution in [0.2, 0.25) is 0 Å². The largest absolute Gasteiger partial charge is 0.325 e. The number of piperidine rings is 1. The molecule has 1 saturated heterocycles. The Kier molecular flexibility index (Phi) is 4.59. The molecule has 1 aliphatic heterocycles. The minimum absolute atomic E-state index is 0.0784. The van der Waals surface area contributed by atoms with E-state index in [1.165, 1.54) is 0 Å². The predicted octanol–water partition coefficient (Wildman–Crippen LogP) is 3.15. The highest BCUT2D eigenvalue weighted by molar-refractivity contribution is 9.11. The fraction of sp³-hybridized carbons (Fsp3) is 0.417. The van der Waals surface area contributed by atoms with Gasteiger partial charge in [0.1, 0.15) is 0 Å². The number of amides is 1. The lowest BCUT2D eigenvalue weighted by Crippen LogP contribution is -2.37. The molecule has 0 radical (unpaired) electrons. The van der Waals surface area contributed by atoms with Crippen molar-refractivity contribution >= 4 is 43.5 Å². The summed E-state index contributed by atoms with van der Waals surface area (Å²) in [6, 6.07) is 5.75.